The third-order valence-corrected chi connectivity index (χ3v) is 7.18. The first-order chi connectivity index (χ1) is 26.8. The lowest BCUT2D eigenvalue weighted by Gasteiger charge is -1.80. The summed E-state index contributed by atoms with van der Waals surface area (Å²) in [5.74, 6) is 0. The monoisotopic (exact) mass is 717 g/mol. The Morgan fingerprint density at radius 3 is 1.65 bits per heavy atom. The first kappa shape index (κ1) is 34.4. The molecular weight excluding hydrogens is 690 g/mol. The Hall–Kier alpha value is -8.07. The van der Waals surface area contributed by atoms with Gasteiger partial charge in [0.2, 0.25) is 17.1 Å². The molecule has 0 unspecified atom stereocenters. The van der Waals surface area contributed by atoms with Gasteiger partial charge in [-0.15, -0.1) is 5.10 Å². The zero-order valence-electron chi connectivity index (χ0n) is 28.1. The van der Waals surface area contributed by atoms with Gasteiger partial charge in [0.15, 0.2) is 11.2 Å². The van der Waals surface area contributed by atoms with Crippen LogP contribution in [0.25, 0.3) is 66.2 Å². The largest absolute Gasteiger partial charge is 0.464 e. The van der Waals surface area contributed by atoms with Crippen LogP contribution in [0, 0.1) is 0 Å². The number of furan rings is 6. The highest BCUT2D eigenvalue weighted by atomic mass is 16.3. The van der Waals surface area contributed by atoms with Crippen molar-refractivity contribution in [2.45, 2.75) is 0 Å². The SMILES string of the molecule is c1cc2ccoc2cn1.c1cc2ccoc2nn1.c1cc2cnncc2o1.c1cc2occc2cn1.c1cnc2occc2c1.c1ncc2ccoc2n1. The summed E-state index contributed by atoms with van der Waals surface area (Å²) in [6, 6.07) is 20.7. The predicted molar refractivity (Wildman–Crippen MR) is 197 cm³/mol. The molecule has 0 aromatic carbocycles. The molecule has 0 radical (unpaired) electrons. The topological polar surface area (TPSA) is 195 Å². The fraction of sp³-hybridized carbons (Fsp3) is 0. The molecule has 12 aromatic heterocycles. The molecular formula is C39H27N9O6. The van der Waals surface area contributed by atoms with E-state index in [2.05, 4.69) is 45.3 Å². The maximum Gasteiger partial charge on any atom is 0.245 e. The van der Waals surface area contributed by atoms with Gasteiger partial charge in [-0.05, 0) is 66.7 Å². The number of aromatic nitrogens is 9. The van der Waals surface area contributed by atoms with Crippen LogP contribution in [-0.4, -0.2) is 45.3 Å². The molecule has 0 atom stereocenters. The molecule has 0 saturated carbocycles. The van der Waals surface area contributed by atoms with Crippen LogP contribution in [-0.2, 0) is 0 Å². The zero-order chi connectivity index (χ0) is 36.6. The summed E-state index contributed by atoms with van der Waals surface area (Å²) in [6.45, 7) is 0. The molecule has 0 bridgehead atoms. The average Bonchev–Trinajstić information content (AvgIpc) is 4.09. The first-order valence-corrected chi connectivity index (χ1v) is 16.0. The van der Waals surface area contributed by atoms with Crippen molar-refractivity contribution < 1.29 is 26.5 Å². The normalized spacial score (nSPS) is 10.2. The molecule has 0 fully saturated rings. The van der Waals surface area contributed by atoms with Crippen LogP contribution in [0.1, 0.15) is 0 Å². The van der Waals surface area contributed by atoms with Gasteiger partial charge in [-0.25, -0.2) is 15.0 Å². The van der Waals surface area contributed by atoms with Crippen LogP contribution in [0.3, 0.4) is 0 Å². The fourth-order valence-corrected chi connectivity index (χ4v) is 4.57. The summed E-state index contributed by atoms with van der Waals surface area (Å²) < 4.78 is 30.1. The Labute approximate surface area is 304 Å². The van der Waals surface area contributed by atoms with Gasteiger partial charge in [0.05, 0.1) is 67.8 Å². The Bertz CT molecular complexity index is 2220. The van der Waals surface area contributed by atoms with Gasteiger partial charge in [0, 0.05) is 57.9 Å². The van der Waals surface area contributed by atoms with Crippen molar-refractivity contribution >= 4 is 66.2 Å². The second-order valence-electron chi connectivity index (χ2n) is 10.6. The summed E-state index contributed by atoms with van der Waals surface area (Å²) in [5, 5.41) is 20.8. The minimum absolute atomic E-state index is 0.595. The van der Waals surface area contributed by atoms with Crippen molar-refractivity contribution in [1.29, 1.82) is 0 Å². The van der Waals surface area contributed by atoms with Crippen LogP contribution < -0.4 is 0 Å². The minimum Gasteiger partial charge on any atom is -0.464 e. The number of rotatable bonds is 0. The maximum atomic E-state index is 5.08. The summed E-state index contributed by atoms with van der Waals surface area (Å²) >= 11 is 0. The van der Waals surface area contributed by atoms with Crippen LogP contribution >= 0.6 is 0 Å². The van der Waals surface area contributed by atoms with E-state index in [4.69, 9.17) is 26.5 Å². The molecule has 0 saturated heterocycles. The Balaban J connectivity index is 0.0000001000. The number of hydrogen-bond acceptors (Lipinski definition) is 15. The van der Waals surface area contributed by atoms with Gasteiger partial charge in [-0.1, -0.05) is 0 Å². The zero-order valence-corrected chi connectivity index (χ0v) is 28.1. The predicted octanol–water partition coefficient (Wildman–Crippen LogP) is 9.15. The second kappa shape index (κ2) is 17.7. The third-order valence-electron chi connectivity index (χ3n) is 7.18. The van der Waals surface area contributed by atoms with E-state index in [0.717, 1.165) is 49.1 Å². The molecule has 12 rings (SSSR count). The summed E-state index contributed by atoms with van der Waals surface area (Å²) in [7, 11) is 0. The van der Waals surface area contributed by atoms with Crippen molar-refractivity contribution in [3.63, 3.8) is 0 Å². The third kappa shape index (κ3) is 9.18. The average molecular weight is 718 g/mol. The van der Waals surface area contributed by atoms with Crippen molar-refractivity contribution in [3.05, 3.63) is 166 Å². The quantitative estimate of drug-likeness (QED) is 0.144. The van der Waals surface area contributed by atoms with Crippen molar-refractivity contribution in [2.75, 3.05) is 0 Å². The standard InChI is InChI=1S/3C7H5NO.3C6H4N2O/c1-3-8-5-6-2-4-9-7(1)6;1-3-8-5-7-6(1)2-4-9-7;1-2-6-3-5-9-7(6)8-4-1;1-3-7-8-6-5(1)2-4-9-6;1-2-9-6-5(1)3-7-4-8-6;1-2-9-6-4-8-7-3-5(1)6/h3*1-5H;3*1-4H. The maximum absolute atomic E-state index is 5.08. The number of nitrogens with zero attached hydrogens (tertiary/aromatic N) is 9. The van der Waals surface area contributed by atoms with Gasteiger partial charge >= 0.3 is 0 Å². The number of pyridine rings is 3. The molecule has 0 amide bonds. The van der Waals surface area contributed by atoms with E-state index < -0.39 is 0 Å². The van der Waals surface area contributed by atoms with Crippen molar-refractivity contribution in [1.82, 2.24) is 45.3 Å². The molecule has 0 spiro atoms. The minimum atomic E-state index is 0.595. The van der Waals surface area contributed by atoms with Crippen LogP contribution in [0.15, 0.2) is 193 Å². The van der Waals surface area contributed by atoms with Gasteiger partial charge in [0.25, 0.3) is 0 Å². The smallest absolute Gasteiger partial charge is 0.245 e. The van der Waals surface area contributed by atoms with Gasteiger partial charge in [-0.2, -0.15) is 15.3 Å². The van der Waals surface area contributed by atoms with Crippen molar-refractivity contribution in [3.8, 4) is 0 Å². The molecule has 15 heteroatoms. The molecule has 54 heavy (non-hydrogen) atoms. The highest BCUT2D eigenvalue weighted by molar-refractivity contribution is 5.76. The Morgan fingerprint density at radius 2 is 0.907 bits per heavy atom. The molecule has 264 valence electrons. The van der Waals surface area contributed by atoms with Crippen LogP contribution in [0.2, 0.25) is 0 Å². The van der Waals surface area contributed by atoms with Gasteiger partial charge in [-0.3, -0.25) is 9.97 Å². The lowest BCUT2D eigenvalue weighted by atomic mass is 10.3. The van der Waals surface area contributed by atoms with Gasteiger partial charge in [0.1, 0.15) is 11.9 Å². The van der Waals surface area contributed by atoms with E-state index in [1.165, 1.54) is 6.33 Å². The summed E-state index contributed by atoms with van der Waals surface area (Å²) in [6.07, 6.45) is 26.5. The molecule has 15 nitrogen and oxygen atoms in total. The highest BCUT2D eigenvalue weighted by Crippen LogP contribution is 2.13. The highest BCUT2D eigenvalue weighted by Gasteiger charge is 1.95. The first-order valence-electron chi connectivity index (χ1n) is 16.0. The van der Waals surface area contributed by atoms with Crippen molar-refractivity contribution in [2.24, 2.45) is 0 Å². The molecule has 12 aromatic rings. The lowest BCUT2D eigenvalue weighted by Crippen LogP contribution is -1.75. The second-order valence-corrected chi connectivity index (χ2v) is 10.6. The van der Waals surface area contributed by atoms with Gasteiger partial charge < -0.3 is 26.5 Å². The van der Waals surface area contributed by atoms with E-state index in [0.29, 0.717) is 17.1 Å². The number of hydrogen-bond donors (Lipinski definition) is 0. The fourth-order valence-electron chi connectivity index (χ4n) is 4.57. The van der Waals surface area contributed by atoms with Crippen LogP contribution in [0.5, 0.6) is 0 Å². The molecule has 12 heterocycles. The summed E-state index contributed by atoms with van der Waals surface area (Å²) in [5.41, 5.74) is 4.47. The molecule has 0 N–H and O–H groups in total. The lowest BCUT2D eigenvalue weighted by molar-refractivity contribution is 0.596. The Kier molecular flexibility index (Phi) is 11.3. The van der Waals surface area contributed by atoms with E-state index >= 15 is 0 Å². The molecule has 0 aliphatic heterocycles. The number of fused-ring (bicyclic) bond motifs is 6. The molecule has 0 aliphatic rings. The Morgan fingerprint density at radius 1 is 0.333 bits per heavy atom. The van der Waals surface area contributed by atoms with E-state index in [9.17, 15) is 0 Å². The van der Waals surface area contributed by atoms with Crippen LogP contribution in [0.4, 0.5) is 0 Å². The van der Waals surface area contributed by atoms with E-state index in [1.54, 1.807) is 93.4 Å². The van der Waals surface area contributed by atoms with E-state index in [-0.39, 0.29) is 0 Å². The molecule has 0 aliphatic carbocycles. The summed E-state index contributed by atoms with van der Waals surface area (Å²) in [4.78, 5) is 19.5. The van der Waals surface area contributed by atoms with E-state index in [1.807, 2.05) is 66.7 Å².